The van der Waals surface area contributed by atoms with E-state index in [1.807, 2.05) is 72.8 Å². The Bertz CT molecular complexity index is 1400. The van der Waals surface area contributed by atoms with E-state index in [9.17, 15) is 9.59 Å². The number of methoxy groups -OCH3 is 1. The molecule has 1 amide bonds. The van der Waals surface area contributed by atoms with E-state index >= 15 is 0 Å². The minimum absolute atomic E-state index is 0.346. The van der Waals surface area contributed by atoms with Crippen molar-refractivity contribution < 1.29 is 23.8 Å². The topological polar surface area (TPSA) is 90.0 Å². The van der Waals surface area contributed by atoms with Crippen molar-refractivity contribution in [3.8, 4) is 17.0 Å². The minimum atomic E-state index is -0.592. The lowest BCUT2D eigenvalue weighted by Gasteiger charge is -2.28. The van der Waals surface area contributed by atoms with E-state index in [0.29, 0.717) is 41.1 Å². The fraction of sp³-hybridized carbons (Fsp3) is 0.207. The lowest BCUT2D eigenvalue weighted by atomic mass is 10.0. The monoisotopic (exact) mass is 497 g/mol. The first-order valence-electron chi connectivity index (χ1n) is 12.0. The molecule has 1 aromatic heterocycles. The number of aromatic nitrogens is 1. The van der Waals surface area contributed by atoms with Gasteiger partial charge in [0.15, 0.2) is 6.61 Å². The number of carbonyl (C=O) groups excluding carboxylic acids is 2. The van der Waals surface area contributed by atoms with Crippen molar-refractivity contribution in [1.29, 1.82) is 0 Å². The van der Waals surface area contributed by atoms with Crippen LogP contribution in [0.4, 0.5) is 11.4 Å². The average molecular weight is 498 g/mol. The zero-order valence-corrected chi connectivity index (χ0v) is 20.5. The first-order chi connectivity index (χ1) is 18.1. The van der Waals surface area contributed by atoms with Gasteiger partial charge < -0.3 is 24.4 Å². The quantitative estimate of drug-likeness (QED) is 0.375. The number of nitrogens with one attached hydrogen (secondary N) is 1. The largest absolute Gasteiger partial charge is 0.497 e. The molecular weight excluding hydrogens is 470 g/mol. The van der Waals surface area contributed by atoms with Crippen LogP contribution >= 0.6 is 0 Å². The smallest absolute Gasteiger partial charge is 0.339 e. The maximum absolute atomic E-state index is 13.1. The second-order valence-electron chi connectivity index (χ2n) is 8.57. The van der Waals surface area contributed by atoms with Crippen molar-refractivity contribution in [2.24, 2.45) is 0 Å². The van der Waals surface area contributed by atoms with Gasteiger partial charge in [-0.05, 0) is 60.7 Å². The van der Waals surface area contributed by atoms with E-state index in [4.69, 9.17) is 19.2 Å². The van der Waals surface area contributed by atoms with Crippen molar-refractivity contribution in [2.45, 2.75) is 0 Å². The molecule has 3 aromatic carbocycles. The lowest BCUT2D eigenvalue weighted by Crippen LogP contribution is -2.36. The van der Waals surface area contributed by atoms with E-state index in [-0.39, 0.29) is 0 Å². The zero-order chi connectivity index (χ0) is 25.6. The third kappa shape index (κ3) is 5.70. The fourth-order valence-corrected chi connectivity index (χ4v) is 4.24. The molecular formula is C29H27N3O5. The average Bonchev–Trinajstić information content (AvgIpc) is 2.96. The Morgan fingerprint density at radius 1 is 0.973 bits per heavy atom. The van der Waals surface area contributed by atoms with E-state index in [1.165, 1.54) is 0 Å². The highest BCUT2D eigenvalue weighted by molar-refractivity contribution is 6.05. The highest BCUT2D eigenvalue weighted by Crippen LogP contribution is 2.27. The van der Waals surface area contributed by atoms with E-state index in [0.717, 1.165) is 30.1 Å². The Labute approximate surface area is 214 Å². The van der Waals surface area contributed by atoms with Gasteiger partial charge in [0.1, 0.15) is 5.75 Å². The van der Waals surface area contributed by atoms with Gasteiger partial charge in [0.25, 0.3) is 5.91 Å². The molecule has 37 heavy (non-hydrogen) atoms. The third-order valence-corrected chi connectivity index (χ3v) is 6.18. The van der Waals surface area contributed by atoms with Crippen LogP contribution in [0.25, 0.3) is 22.2 Å². The molecule has 8 nitrogen and oxygen atoms in total. The van der Waals surface area contributed by atoms with E-state index in [2.05, 4.69) is 10.2 Å². The van der Waals surface area contributed by atoms with Crippen molar-refractivity contribution in [2.75, 3.05) is 50.2 Å². The van der Waals surface area contributed by atoms with Crippen LogP contribution in [-0.2, 0) is 14.3 Å². The lowest BCUT2D eigenvalue weighted by molar-refractivity contribution is -0.119. The van der Waals surface area contributed by atoms with Gasteiger partial charge in [-0.2, -0.15) is 0 Å². The summed E-state index contributed by atoms with van der Waals surface area (Å²) in [5.41, 5.74) is 4.17. The van der Waals surface area contributed by atoms with Gasteiger partial charge in [0.05, 0.1) is 37.1 Å². The van der Waals surface area contributed by atoms with Crippen LogP contribution < -0.4 is 15.0 Å². The summed E-state index contributed by atoms with van der Waals surface area (Å²) in [6.45, 7) is 2.69. The SMILES string of the molecule is COc1ccc(-c2cc(C(=O)OCC(=O)Nc3ccc(N4CCOCC4)cc3)c3ccccc3n2)cc1. The molecule has 0 spiro atoms. The Balaban J connectivity index is 1.27. The molecule has 1 aliphatic rings. The fourth-order valence-electron chi connectivity index (χ4n) is 4.24. The summed E-state index contributed by atoms with van der Waals surface area (Å²) >= 11 is 0. The second kappa shape index (κ2) is 11.1. The Morgan fingerprint density at radius 3 is 2.43 bits per heavy atom. The molecule has 2 heterocycles. The van der Waals surface area contributed by atoms with Crippen molar-refractivity contribution >= 4 is 34.2 Å². The molecule has 0 saturated carbocycles. The number of rotatable bonds is 7. The molecule has 1 saturated heterocycles. The van der Waals surface area contributed by atoms with E-state index in [1.54, 1.807) is 13.2 Å². The molecule has 0 unspecified atom stereocenters. The number of amides is 1. The van der Waals surface area contributed by atoms with Gasteiger partial charge >= 0.3 is 5.97 Å². The van der Waals surface area contributed by atoms with Crippen LogP contribution in [0.5, 0.6) is 5.75 Å². The van der Waals surface area contributed by atoms with Gasteiger partial charge in [-0.15, -0.1) is 0 Å². The Kier molecular flexibility index (Phi) is 7.28. The van der Waals surface area contributed by atoms with Crippen molar-refractivity contribution in [1.82, 2.24) is 4.98 Å². The number of para-hydroxylation sites is 1. The minimum Gasteiger partial charge on any atom is -0.497 e. The third-order valence-electron chi connectivity index (χ3n) is 6.18. The number of carbonyl (C=O) groups is 2. The Morgan fingerprint density at radius 2 is 1.70 bits per heavy atom. The number of ether oxygens (including phenoxy) is 3. The number of pyridine rings is 1. The number of hydrogen-bond acceptors (Lipinski definition) is 7. The maximum atomic E-state index is 13.1. The second-order valence-corrected chi connectivity index (χ2v) is 8.57. The van der Waals surface area contributed by atoms with Crippen molar-refractivity contribution in [3.63, 3.8) is 0 Å². The van der Waals surface area contributed by atoms with Gasteiger partial charge in [0.2, 0.25) is 0 Å². The summed E-state index contributed by atoms with van der Waals surface area (Å²) in [6.07, 6.45) is 0. The number of benzene rings is 3. The molecule has 5 rings (SSSR count). The number of fused-ring (bicyclic) bond motifs is 1. The molecule has 0 atom stereocenters. The molecule has 0 bridgehead atoms. The first-order valence-corrected chi connectivity index (χ1v) is 12.0. The van der Waals surface area contributed by atoms with Crippen LogP contribution in [0.2, 0.25) is 0 Å². The molecule has 1 fully saturated rings. The molecule has 188 valence electrons. The predicted octanol–water partition coefficient (Wildman–Crippen LogP) is 4.54. The Hall–Kier alpha value is -4.43. The summed E-state index contributed by atoms with van der Waals surface area (Å²) in [5, 5.41) is 3.44. The number of hydrogen-bond donors (Lipinski definition) is 1. The molecule has 0 aliphatic carbocycles. The standard InChI is InChI=1S/C29H27N3O5/c1-35-23-12-6-20(7-13-23)27-18-25(24-4-2-3-5-26(24)31-27)29(34)37-19-28(33)30-21-8-10-22(11-9-21)32-14-16-36-17-15-32/h2-13,18H,14-17,19H2,1H3,(H,30,33). The summed E-state index contributed by atoms with van der Waals surface area (Å²) in [5.74, 6) is -0.279. The van der Waals surface area contributed by atoms with Gasteiger partial charge in [-0.3, -0.25) is 4.79 Å². The number of nitrogens with zero attached hydrogens (tertiary/aromatic N) is 2. The van der Waals surface area contributed by atoms with Gasteiger partial charge in [-0.1, -0.05) is 18.2 Å². The molecule has 0 radical (unpaired) electrons. The maximum Gasteiger partial charge on any atom is 0.339 e. The molecule has 4 aromatic rings. The van der Waals surface area contributed by atoms with Crippen molar-refractivity contribution in [3.05, 3.63) is 84.4 Å². The highest BCUT2D eigenvalue weighted by atomic mass is 16.5. The number of anilines is 2. The van der Waals surface area contributed by atoms with Crippen LogP contribution in [0.1, 0.15) is 10.4 Å². The summed E-state index contributed by atoms with van der Waals surface area (Å²) in [6, 6.07) is 24.0. The van der Waals surface area contributed by atoms with Crippen LogP contribution in [0.3, 0.4) is 0 Å². The number of morpholine rings is 1. The summed E-state index contributed by atoms with van der Waals surface area (Å²) in [4.78, 5) is 32.5. The molecule has 8 heteroatoms. The molecule has 1 aliphatic heterocycles. The van der Waals surface area contributed by atoms with Crippen LogP contribution in [0.15, 0.2) is 78.9 Å². The normalized spacial score (nSPS) is 13.3. The van der Waals surface area contributed by atoms with Gasteiger partial charge in [-0.25, -0.2) is 9.78 Å². The van der Waals surface area contributed by atoms with Crippen LogP contribution in [-0.4, -0.2) is 56.9 Å². The predicted molar refractivity (Wildman–Crippen MR) is 142 cm³/mol. The van der Waals surface area contributed by atoms with Gasteiger partial charge in [0, 0.05) is 35.4 Å². The molecule has 1 N–H and O–H groups in total. The van der Waals surface area contributed by atoms with Crippen LogP contribution in [0, 0.1) is 0 Å². The summed E-state index contributed by atoms with van der Waals surface area (Å²) in [7, 11) is 1.61. The zero-order valence-electron chi connectivity index (χ0n) is 20.5. The summed E-state index contributed by atoms with van der Waals surface area (Å²) < 4.78 is 16.0. The first kappa shape index (κ1) is 24.3. The number of esters is 1. The van der Waals surface area contributed by atoms with E-state index < -0.39 is 18.5 Å². The highest BCUT2D eigenvalue weighted by Gasteiger charge is 2.17.